The minimum atomic E-state index is -0.302. The first-order valence-corrected chi connectivity index (χ1v) is 8.64. The summed E-state index contributed by atoms with van der Waals surface area (Å²) in [4.78, 5) is 11.5. The van der Waals surface area contributed by atoms with Crippen molar-refractivity contribution < 1.29 is 9.53 Å². The maximum Gasteiger partial charge on any atom is 0.247 e. The van der Waals surface area contributed by atoms with Gasteiger partial charge in [-0.15, -0.1) is 5.10 Å². The summed E-state index contributed by atoms with van der Waals surface area (Å²) in [6.45, 7) is 4.69. The second kappa shape index (κ2) is 8.91. The van der Waals surface area contributed by atoms with Crippen LogP contribution in [0.15, 0.2) is 49.3 Å². The fourth-order valence-corrected chi connectivity index (χ4v) is 2.64. The molecule has 1 aromatic carbocycles. The zero-order valence-electron chi connectivity index (χ0n) is 15.7. The summed E-state index contributed by atoms with van der Waals surface area (Å²) in [6, 6.07) is 7.14. The molecule has 3 aromatic rings. The largest absolute Gasteiger partial charge is 0.383 e. The van der Waals surface area contributed by atoms with Gasteiger partial charge in [0.1, 0.15) is 6.04 Å². The Kier molecular flexibility index (Phi) is 6.12. The molecule has 0 saturated heterocycles. The van der Waals surface area contributed by atoms with Crippen molar-refractivity contribution in [3.05, 3.63) is 60.7 Å². The zero-order valence-corrected chi connectivity index (χ0v) is 15.7. The molecule has 10 heteroatoms. The molecule has 0 saturated carbocycles. The van der Waals surface area contributed by atoms with Crippen LogP contribution in [-0.4, -0.2) is 49.6 Å². The van der Waals surface area contributed by atoms with Crippen molar-refractivity contribution in [3.8, 4) is 0 Å². The Balaban J connectivity index is 1.83. The van der Waals surface area contributed by atoms with E-state index >= 15 is 0 Å². The van der Waals surface area contributed by atoms with E-state index in [1.807, 2.05) is 30.5 Å². The molecule has 2 aromatic heterocycles. The lowest BCUT2D eigenvalue weighted by Crippen LogP contribution is -2.17. The van der Waals surface area contributed by atoms with Crippen LogP contribution in [0.5, 0.6) is 0 Å². The number of nitrogens with zero attached hydrogens (tertiary/aromatic N) is 6. The van der Waals surface area contributed by atoms with Crippen LogP contribution < -0.4 is 10.6 Å². The first-order valence-electron chi connectivity index (χ1n) is 8.64. The summed E-state index contributed by atoms with van der Waals surface area (Å²) >= 11 is 0. The van der Waals surface area contributed by atoms with E-state index in [1.54, 1.807) is 29.7 Å². The third kappa shape index (κ3) is 4.60. The Bertz CT molecular complexity index is 931. The van der Waals surface area contributed by atoms with Gasteiger partial charge in [-0.25, -0.2) is 4.68 Å². The van der Waals surface area contributed by atoms with E-state index in [9.17, 15) is 4.79 Å². The van der Waals surface area contributed by atoms with Crippen LogP contribution in [0.1, 0.15) is 17.4 Å². The van der Waals surface area contributed by atoms with Crippen LogP contribution in [0, 0.1) is 0 Å². The Morgan fingerprint density at radius 3 is 2.75 bits per heavy atom. The Labute approximate surface area is 162 Å². The number of methoxy groups -OCH3 is 1. The molecule has 0 aliphatic heterocycles. The lowest BCUT2D eigenvalue weighted by Gasteiger charge is -2.18. The van der Waals surface area contributed by atoms with Gasteiger partial charge in [0.05, 0.1) is 25.0 Å². The molecule has 10 nitrogen and oxygen atoms in total. The average molecular weight is 382 g/mol. The van der Waals surface area contributed by atoms with Crippen molar-refractivity contribution in [1.82, 2.24) is 30.0 Å². The van der Waals surface area contributed by atoms with Crippen LogP contribution in [0.25, 0.3) is 0 Å². The van der Waals surface area contributed by atoms with Gasteiger partial charge in [0, 0.05) is 26.0 Å². The number of hydrogen-bond acceptors (Lipinski definition) is 7. The summed E-state index contributed by atoms with van der Waals surface area (Å²) in [7, 11) is 3.44. The Morgan fingerprint density at radius 2 is 2.11 bits per heavy atom. The maximum absolute atomic E-state index is 11.5. The smallest absolute Gasteiger partial charge is 0.247 e. The Hall–Kier alpha value is -3.53. The van der Waals surface area contributed by atoms with Gasteiger partial charge in [0.2, 0.25) is 5.91 Å². The molecule has 2 N–H and O–H groups in total. The number of aryl methyl sites for hydroxylation is 1. The average Bonchev–Trinajstić information content (AvgIpc) is 3.33. The molecule has 0 radical (unpaired) electrons. The van der Waals surface area contributed by atoms with Crippen molar-refractivity contribution >= 4 is 17.3 Å². The molecule has 0 bridgehead atoms. The molecule has 0 fully saturated rings. The predicted molar refractivity (Wildman–Crippen MR) is 104 cm³/mol. The van der Waals surface area contributed by atoms with E-state index in [1.165, 1.54) is 6.08 Å². The lowest BCUT2D eigenvalue weighted by molar-refractivity contribution is -0.111. The molecule has 3 rings (SSSR count). The van der Waals surface area contributed by atoms with Gasteiger partial charge in [0.15, 0.2) is 5.82 Å². The molecule has 146 valence electrons. The van der Waals surface area contributed by atoms with Crippen LogP contribution in [0.4, 0.5) is 11.4 Å². The minimum absolute atomic E-state index is 0.261. The highest BCUT2D eigenvalue weighted by atomic mass is 16.5. The molecule has 0 aliphatic carbocycles. The van der Waals surface area contributed by atoms with E-state index in [4.69, 9.17) is 4.74 Å². The van der Waals surface area contributed by atoms with Gasteiger partial charge in [0.25, 0.3) is 0 Å². The fraction of sp³-hybridized carbons (Fsp3) is 0.278. The third-order valence-electron chi connectivity index (χ3n) is 4.08. The summed E-state index contributed by atoms with van der Waals surface area (Å²) in [5.74, 6) is 0.385. The first-order chi connectivity index (χ1) is 13.6. The monoisotopic (exact) mass is 382 g/mol. The SMILES string of the molecule is C=CC(=O)Nc1ccc(C(Nc2cnn(CCOC)c2)c2nnnn2C)cc1. The first kappa shape index (κ1) is 19.2. The number of rotatable bonds is 9. The molecule has 2 heterocycles. The third-order valence-corrected chi connectivity index (χ3v) is 4.08. The summed E-state index contributed by atoms with van der Waals surface area (Å²) in [6.07, 6.45) is 4.87. The number of hydrogen-bond donors (Lipinski definition) is 2. The molecule has 0 aliphatic rings. The summed E-state index contributed by atoms with van der Waals surface area (Å²) < 4.78 is 8.49. The lowest BCUT2D eigenvalue weighted by atomic mass is 10.1. The number of nitrogens with one attached hydrogen (secondary N) is 2. The van der Waals surface area contributed by atoms with Crippen LogP contribution in [0.2, 0.25) is 0 Å². The van der Waals surface area contributed by atoms with Crippen LogP contribution in [-0.2, 0) is 23.1 Å². The topological polar surface area (TPSA) is 112 Å². The molecule has 28 heavy (non-hydrogen) atoms. The number of benzene rings is 1. The van der Waals surface area contributed by atoms with Gasteiger partial charge in [-0.1, -0.05) is 18.7 Å². The highest BCUT2D eigenvalue weighted by Crippen LogP contribution is 2.25. The molecule has 1 amide bonds. The quantitative estimate of drug-likeness (QED) is 0.538. The van der Waals surface area contributed by atoms with Gasteiger partial charge in [-0.05, 0) is 34.2 Å². The highest BCUT2D eigenvalue weighted by Gasteiger charge is 2.21. The number of anilines is 2. The number of carbonyl (C=O) groups excluding carboxylic acids is 1. The van der Waals surface area contributed by atoms with Crippen molar-refractivity contribution in [3.63, 3.8) is 0 Å². The molecular formula is C18H22N8O2. The second-order valence-electron chi connectivity index (χ2n) is 6.04. The fourth-order valence-electron chi connectivity index (χ4n) is 2.64. The summed E-state index contributed by atoms with van der Waals surface area (Å²) in [5, 5.41) is 22.3. The van der Waals surface area contributed by atoms with Crippen molar-refractivity contribution in [2.75, 3.05) is 24.4 Å². The Morgan fingerprint density at radius 1 is 1.32 bits per heavy atom. The van der Waals surface area contributed by atoms with E-state index in [2.05, 4.69) is 37.8 Å². The molecule has 1 unspecified atom stereocenters. The van der Waals surface area contributed by atoms with Crippen LogP contribution >= 0.6 is 0 Å². The van der Waals surface area contributed by atoms with Gasteiger partial charge in [-0.3, -0.25) is 9.48 Å². The standard InChI is InChI=1S/C18H22N8O2/c1-4-16(27)20-14-7-5-13(6-8-14)17(18-22-23-24-25(18)2)21-15-11-19-26(12-15)9-10-28-3/h4-8,11-12,17,21H,1,9-10H2,2-3H3,(H,20,27). The second-order valence-corrected chi connectivity index (χ2v) is 6.04. The van der Waals surface area contributed by atoms with Gasteiger partial charge < -0.3 is 15.4 Å². The van der Waals surface area contributed by atoms with E-state index in [-0.39, 0.29) is 11.9 Å². The van der Waals surface area contributed by atoms with Gasteiger partial charge in [-0.2, -0.15) is 5.10 Å². The van der Waals surface area contributed by atoms with Crippen molar-refractivity contribution in [1.29, 1.82) is 0 Å². The molecular weight excluding hydrogens is 360 g/mol. The van der Waals surface area contributed by atoms with Gasteiger partial charge >= 0.3 is 0 Å². The van der Waals surface area contributed by atoms with E-state index in [0.717, 1.165) is 11.3 Å². The molecule has 0 spiro atoms. The number of tetrazole rings is 1. The molecule has 1 atom stereocenters. The summed E-state index contributed by atoms with van der Waals surface area (Å²) in [5.41, 5.74) is 2.43. The van der Waals surface area contributed by atoms with E-state index in [0.29, 0.717) is 24.7 Å². The predicted octanol–water partition coefficient (Wildman–Crippen LogP) is 1.38. The van der Waals surface area contributed by atoms with Crippen molar-refractivity contribution in [2.24, 2.45) is 7.05 Å². The maximum atomic E-state index is 11.5. The number of aromatic nitrogens is 6. The normalized spacial score (nSPS) is 11.8. The number of ether oxygens (including phenoxy) is 1. The highest BCUT2D eigenvalue weighted by molar-refractivity contribution is 5.98. The van der Waals surface area contributed by atoms with E-state index < -0.39 is 0 Å². The number of amides is 1. The minimum Gasteiger partial charge on any atom is -0.383 e. The van der Waals surface area contributed by atoms with Crippen molar-refractivity contribution in [2.45, 2.75) is 12.6 Å². The number of carbonyl (C=O) groups is 1. The zero-order chi connectivity index (χ0) is 19.9. The van der Waals surface area contributed by atoms with Crippen LogP contribution in [0.3, 0.4) is 0 Å².